The second-order valence-electron chi connectivity index (χ2n) is 5.16. The number of ether oxygens (including phenoxy) is 1. The van der Waals surface area contributed by atoms with Gasteiger partial charge in [-0.15, -0.1) is 0 Å². The van der Waals surface area contributed by atoms with Crippen LogP contribution in [0, 0.1) is 11.8 Å². The highest BCUT2D eigenvalue weighted by Gasteiger charge is 2.59. The molecule has 2 nitrogen and oxygen atoms in total. The first-order valence-electron chi connectivity index (χ1n) is 5.58. The van der Waals surface area contributed by atoms with Gasteiger partial charge in [0.25, 0.3) is 0 Å². The molecule has 1 saturated carbocycles. The maximum atomic E-state index is 10.1. The summed E-state index contributed by atoms with van der Waals surface area (Å²) in [6, 6.07) is 0. The standard InChI is InChI=1S/C11H18O2/c1-7-5-10(12)11-4-2-3-8(11)6-9(7)13-11/h7-10,12H,2-6H2,1H3. The van der Waals surface area contributed by atoms with Gasteiger partial charge in [0.1, 0.15) is 0 Å². The van der Waals surface area contributed by atoms with Crippen molar-refractivity contribution < 1.29 is 9.84 Å². The summed E-state index contributed by atoms with van der Waals surface area (Å²) in [7, 11) is 0. The van der Waals surface area contributed by atoms with Crippen LogP contribution in [0.1, 0.15) is 39.0 Å². The summed E-state index contributed by atoms with van der Waals surface area (Å²) in [5.74, 6) is 1.23. The molecule has 0 aromatic rings. The van der Waals surface area contributed by atoms with Gasteiger partial charge >= 0.3 is 0 Å². The van der Waals surface area contributed by atoms with Crippen LogP contribution in [0.15, 0.2) is 0 Å². The molecule has 3 rings (SSSR count). The largest absolute Gasteiger partial charge is 0.390 e. The molecule has 0 aromatic heterocycles. The van der Waals surface area contributed by atoms with Crippen molar-refractivity contribution in [3.05, 3.63) is 0 Å². The van der Waals surface area contributed by atoms with E-state index >= 15 is 0 Å². The highest BCUT2D eigenvalue weighted by atomic mass is 16.5. The Morgan fingerprint density at radius 2 is 2.23 bits per heavy atom. The molecule has 2 aliphatic heterocycles. The van der Waals surface area contributed by atoms with E-state index in [1.807, 2.05) is 0 Å². The van der Waals surface area contributed by atoms with Gasteiger partial charge in [-0.2, -0.15) is 0 Å². The number of hydrogen-bond donors (Lipinski definition) is 1. The lowest BCUT2D eigenvalue weighted by atomic mass is 9.84. The van der Waals surface area contributed by atoms with Crippen molar-refractivity contribution in [2.24, 2.45) is 11.8 Å². The number of aliphatic hydroxyl groups excluding tert-OH is 1. The van der Waals surface area contributed by atoms with Crippen molar-refractivity contribution in [1.29, 1.82) is 0 Å². The fourth-order valence-corrected chi connectivity index (χ4v) is 3.73. The molecule has 0 aromatic carbocycles. The van der Waals surface area contributed by atoms with Gasteiger partial charge in [0.05, 0.1) is 17.8 Å². The Balaban J connectivity index is 1.95. The minimum atomic E-state index is -0.186. The highest BCUT2D eigenvalue weighted by molar-refractivity contribution is 5.08. The molecule has 5 atom stereocenters. The van der Waals surface area contributed by atoms with E-state index in [2.05, 4.69) is 6.92 Å². The predicted octanol–water partition coefficient (Wildman–Crippen LogP) is 1.71. The molecule has 13 heavy (non-hydrogen) atoms. The van der Waals surface area contributed by atoms with Crippen molar-refractivity contribution in [3.8, 4) is 0 Å². The van der Waals surface area contributed by atoms with Crippen LogP contribution in [0.2, 0.25) is 0 Å². The Bertz CT molecular complexity index is 228. The van der Waals surface area contributed by atoms with E-state index in [0.29, 0.717) is 17.9 Å². The van der Waals surface area contributed by atoms with Gasteiger partial charge in [0.2, 0.25) is 0 Å². The molecule has 1 N–H and O–H groups in total. The van der Waals surface area contributed by atoms with Crippen LogP contribution in [0.5, 0.6) is 0 Å². The molecule has 2 bridgehead atoms. The minimum Gasteiger partial charge on any atom is -0.390 e. The molecule has 74 valence electrons. The molecule has 3 fully saturated rings. The Kier molecular flexibility index (Phi) is 1.58. The molecule has 1 aliphatic carbocycles. The van der Waals surface area contributed by atoms with E-state index in [0.717, 1.165) is 12.8 Å². The van der Waals surface area contributed by atoms with Crippen molar-refractivity contribution in [2.45, 2.75) is 56.8 Å². The summed E-state index contributed by atoms with van der Waals surface area (Å²) in [6.45, 7) is 2.21. The van der Waals surface area contributed by atoms with E-state index in [1.54, 1.807) is 0 Å². The summed E-state index contributed by atoms with van der Waals surface area (Å²) >= 11 is 0. The molecule has 0 radical (unpaired) electrons. The van der Waals surface area contributed by atoms with Crippen LogP contribution in [-0.2, 0) is 4.74 Å². The second-order valence-corrected chi connectivity index (χ2v) is 5.16. The van der Waals surface area contributed by atoms with Crippen molar-refractivity contribution in [1.82, 2.24) is 0 Å². The minimum absolute atomic E-state index is 0.100. The topological polar surface area (TPSA) is 29.5 Å². The number of aliphatic hydroxyl groups is 1. The van der Waals surface area contributed by atoms with Crippen LogP contribution in [0.4, 0.5) is 0 Å². The zero-order chi connectivity index (χ0) is 9.05. The summed E-state index contributed by atoms with van der Waals surface area (Å²) in [6.07, 6.45) is 6.06. The van der Waals surface area contributed by atoms with Crippen molar-refractivity contribution in [2.75, 3.05) is 0 Å². The summed E-state index contributed by atoms with van der Waals surface area (Å²) in [4.78, 5) is 0. The Morgan fingerprint density at radius 1 is 1.38 bits per heavy atom. The van der Waals surface area contributed by atoms with Crippen molar-refractivity contribution in [3.63, 3.8) is 0 Å². The van der Waals surface area contributed by atoms with Gasteiger partial charge < -0.3 is 9.84 Å². The maximum absolute atomic E-state index is 10.1. The van der Waals surface area contributed by atoms with Gasteiger partial charge in [0.15, 0.2) is 0 Å². The van der Waals surface area contributed by atoms with Gasteiger partial charge in [-0.25, -0.2) is 0 Å². The lowest BCUT2D eigenvalue weighted by molar-refractivity contribution is -0.173. The summed E-state index contributed by atoms with van der Waals surface area (Å²) in [5, 5.41) is 10.1. The Hall–Kier alpha value is -0.0800. The average molecular weight is 182 g/mol. The first-order chi connectivity index (χ1) is 6.22. The Morgan fingerprint density at radius 3 is 3.08 bits per heavy atom. The summed E-state index contributed by atoms with van der Waals surface area (Å²) in [5.41, 5.74) is -0.100. The predicted molar refractivity (Wildman–Crippen MR) is 49.3 cm³/mol. The van der Waals surface area contributed by atoms with E-state index < -0.39 is 0 Å². The Labute approximate surface area is 79.3 Å². The van der Waals surface area contributed by atoms with E-state index in [4.69, 9.17) is 4.74 Å². The third-order valence-electron chi connectivity index (χ3n) is 4.49. The fourth-order valence-electron chi connectivity index (χ4n) is 3.73. The lowest BCUT2D eigenvalue weighted by Gasteiger charge is -2.40. The number of rotatable bonds is 0. The number of hydrogen-bond acceptors (Lipinski definition) is 2. The molecule has 2 saturated heterocycles. The van der Waals surface area contributed by atoms with Gasteiger partial charge in [-0.05, 0) is 37.5 Å². The SMILES string of the molecule is CC1CC(O)C23CCCC2CC1O3. The molecule has 2 heterocycles. The zero-order valence-corrected chi connectivity index (χ0v) is 8.20. The van der Waals surface area contributed by atoms with Crippen molar-refractivity contribution >= 4 is 0 Å². The van der Waals surface area contributed by atoms with Crippen LogP contribution in [-0.4, -0.2) is 22.9 Å². The normalized spacial score (nSPS) is 59.5. The first-order valence-corrected chi connectivity index (χ1v) is 5.58. The fraction of sp³-hybridized carbons (Fsp3) is 1.00. The molecule has 0 amide bonds. The van der Waals surface area contributed by atoms with Gasteiger partial charge in [0, 0.05) is 0 Å². The third-order valence-corrected chi connectivity index (χ3v) is 4.49. The van der Waals surface area contributed by atoms with Crippen LogP contribution >= 0.6 is 0 Å². The van der Waals surface area contributed by atoms with Gasteiger partial charge in [-0.1, -0.05) is 13.3 Å². The monoisotopic (exact) mass is 182 g/mol. The van der Waals surface area contributed by atoms with E-state index in [9.17, 15) is 5.11 Å². The maximum Gasteiger partial charge on any atom is 0.0972 e. The molecule has 5 unspecified atom stereocenters. The van der Waals surface area contributed by atoms with E-state index in [-0.39, 0.29) is 11.7 Å². The van der Waals surface area contributed by atoms with Crippen LogP contribution in [0.3, 0.4) is 0 Å². The molecule has 1 spiro atoms. The smallest absolute Gasteiger partial charge is 0.0972 e. The molecule has 2 heteroatoms. The summed E-state index contributed by atoms with van der Waals surface area (Å²) < 4.78 is 6.08. The molecular formula is C11H18O2. The van der Waals surface area contributed by atoms with Gasteiger partial charge in [-0.3, -0.25) is 0 Å². The second kappa shape index (κ2) is 2.48. The molecule has 3 aliphatic rings. The average Bonchev–Trinajstić information content (AvgIpc) is 2.54. The first kappa shape index (κ1) is 8.25. The quantitative estimate of drug-likeness (QED) is 0.618. The third kappa shape index (κ3) is 0.909. The molecular weight excluding hydrogens is 164 g/mol. The van der Waals surface area contributed by atoms with Crippen LogP contribution in [0.25, 0.3) is 0 Å². The van der Waals surface area contributed by atoms with E-state index in [1.165, 1.54) is 19.3 Å². The zero-order valence-electron chi connectivity index (χ0n) is 8.20. The lowest BCUT2D eigenvalue weighted by Crippen LogP contribution is -2.49. The van der Waals surface area contributed by atoms with Crippen LogP contribution < -0.4 is 0 Å². The highest BCUT2D eigenvalue weighted by Crippen LogP contribution is 2.55. The number of fused-ring (bicyclic) bond motifs is 1.